The minimum Gasteiger partial charge on any atom is -0.393 e. The van der Waals surface area contributed by atoms with E-state index in [9.17, 15) is 5.11 Å². The molecular formula is C13H20O. The Hall–Kier alpha value is -0.820. The van der Waals surface area contributed by atoms with Gasteiger partial charge in [0.05, 0.1) is 6.10 Å². The third-order valence-electron chi connectivity index (χ3n) is 2.64. The van der Waals surface area contributed by atoms with Crippen molar-refractivity contribution in [2.75, 3.05) is 0 Å². The molecule has 14 heavy (non-hydrogen) atoms. The molecule has 0 saturated heterocycles. The van der Waals surface area contributed by atoms with Crippen LogP contribution in [-0.2, 0) is 6.42 Å². The van der Waals surface area contributed by atoms with Gasteiger partial charge in [0, 0.05) is 0 Å². The van der Waals surface area contributed by atoms with E-state index >= 15 is 0 Å². The maximum absolute atomic E-state index is 9.78. The summed E-state index contributed by atoms with van der Waals surface area (Å²) in [5, 5.41) is 9.78. The standard InChI is InChI=1S/C13H20O/c1-3-7-13(14)11(2)10-12-8-5-4-6-9-12/h4-6,8-9,11,13-14H,3,7,10H2,1-2H3/t11-,13+/m0/s1. The quantitative estimate of drug-likeness (QED) is 0.760. The van der Waals surface area contributed by atoms with Gasteiger partial charge < -0.3 is 5.11 Å². The zero-order valence-electron chi connectivity index (χ0n) is 9.11. The number of hydrogen-bond acceptors (Lipinski definition) is 1. The fourth-order valence-electron chi connectivity index (χ4n) is 1.70. The lowest BCUT2D eigenvalue weighted by molar-refractivity contribution is 0.107. The number of benzene rings is 1. The van der Waals surface area contributed by atoms with Gasteiger partial charge in [0.25, 0.3) is 0 Å². The van der Waals surface area contributed by atoms with Gasteiger partial charge in [0.15, 0.2) is 0 Å². The first-order chi connectivity index (χ1) is 6.74. The van der Waals surface area contributed by atoms with E-state index in [2.05, 4.69) is 26.0 Å². The molecule has 0 aromatic heterocycles. The Balaban J connectivity index is 2.44. The molecule has 1 nitrogen and oxygen atoms in total. The van der Waals surface area contributed by atoms with Crippen molar-refractivity contribution in [3.05, 3.63) is 35.9 Å². The predicted octanol–water partition coefficient (Wildman–Crippen LogP) is 3.03. The molecule has 0 aliphatic heterocycles. The summed E-state index contributed by atoms with van der Waals surface area (Å²) in [7, 11) is 0. The van der Waals surface area contributed by atoms with E-state index in [1.54, 1.807) is 0 Å². The van der Waals surface area contributed by atoms with Crippen LogP contribution in [0.15, 0.2) is 30.3 Å². The molecule has 2 atom stereocenters. The Kier molecular flexibility index (Phi) is 4.68. The molecule has 0 saturated carbocycles. The van der Waals surface area contributed by atoms with Gasteiger partial charge in [-0.3, -0.25) is 0 Å². The van der Waals surface area contributed by atoms with E-state index in [0.29, 0.717) is 5.92 Å². The highest BCUT2D eigenvalue weighted by Gasteiger charge is 2.13. The Labute approximate surface area is 86.8 Å². The Morgan fingerprint density at radius 1 is 1.21 bits per heavy atom. The summed E-state index contributed by atoms with van der Waals surface area (Å²) in [4.78, 5) is 0. The van der Waals surface area contributed by atoms with Crippen LogP contribution >= 0.6 is 0 Å². The second-order valence-electron chi connectivity index (χ2n) is 4.02. The molecule has 1 heteroatoms. The summed E-state index contributed by atoms with van der Waals surface area (Å²) in [5.74, 6) is 0.359. The van der Waals surface area contributed by atoms with Crippen LogP contribution in [0, 0.1) is 5.92 Å². The largest absolute Gasteiger partial charge is 0.393 e. The van der Waals surface area contributed by atoms with Crippen molar-refractivity contribution in [1.82, 2.24) is 0 Å². The lowest BCUT2D eigenvalue weighted by Crippen LogP contribution is -2.19. The molecule has 0 fully saturated rings. The average Bonchev–Trinajstić information content (AvgIpc) is 2.19. The van der Waals surface area contributed by atoms with Crippen LogP contribution in [0.3, 0.4) is 0 Å². The summed E-state index contributed by atoms with van der Waals surface area (Å²) in [6.07, 6.45) is 2.79. The fourth-order valence-corrected chi connectivity index (χ4v) is 1.70. The molecule has 1 aromatic carbocycles. The molecule has 78 valence electrons. The van der Waals surface area contributed by atoms with E-state index in [1.807, 2.05) is 18.2 Å². The van der Waals surface area contributed by atoms with Crippen molar-refractivity contribution in [2.45, 2.75) is 39.2 Å². The van der Waals surface area contributed by atoms with Gasteiger partial charge in [-0.1, -0.05) is 50.6 Å². The SMILES string of the molecule is CCC[C@@H](O)[C@@H](C)Cc1ccccc1. The molecule has 0 radical (unpaired) electrons. The van der Waals surface area contributed by atoms with Gasteiger partial charge in [0.1, 0.15) is 0 Å². The number of aliphatic hydroxyl groups excluding tert-OH is 1. The fraction of sp³-hybridized carbons (Fsp3) is 0.538. The minimum atomic E-state index is -0.153. The van der Waals surface area contributed by atoms with Gasteiger partial charge in [-0.05, 0) is 24.3 Å². The Morgan fingerprint density at radius 3 is 2.43 bits per heavy atom. The first-order valence-corrected chi connectivity index (χ1v) is 5.46. The number of aliphatic hydroxyl groups is 1. The lowest BCUT2D eigenvalue weighted by atomic mass is 9.93. The highest BCUT2D eigenvalue weighted by atomic mass is 16.3. The molecule has 1 aromatic rings. The summed E-state index contributed by atoms with van der Waals surface area (Å²) in [6.45, 7) is 4.23. The maximum Gasteiger partial charge on any atom is 0.0568 e. The molecule has 0 heterocycles. The first kappa shape index (κ1) is 11.3. The molecule has 0 amide bonds. The van der Waals surface area contributed by atoms with Crippen LogP contribution in [0.25, 0.3) is 0 Å². The molecule has 0 spiro atoms. The van der Waals surface area contributed by atoms with Gasteiger partial charge in [-0.25, -0.2) is 0 Å². The molecule has 1 N–H and O–H groups in total. The Bertz CT molecular complexity index is 243. The van der Waals surface area contributed by atoms with Crippen LogP contribution < -0.4 is 0 Å². The molecule has 1 rings (SSSR count). The van der Waals surface area contributed by atoms with Gasteiger partial charge in [-0.2, -0.15) is 0 Å². The number of hydrogen-bond donors (Lipinski definition) is 1. The highest BCUT2D eigenvalue weighted by molar-refractivity contribution is 5.15. The monoisotopic (exact) mass is 192 g/mol. The third kappa shape index (κ3) is 3.51. The summed E-state index contributed by atoms with van der Waals surface area (Å²) < 4.78 is 0. The summed E-state index contributed by atoms with van der Waals surface area (Å²) in [6, 6.07) is 10.4. The van der Waals surface area contributed by atoms with Gasteiger partial charge in [0.2, 0.25) is 0 Å². The van der Waals surface area contributed by atoms with Crippen LogP contribution in [-0.4, -0.2) is 11.2 Å². The molecule has 0 aliphatic rings. The summed E-state index contributed by atoms with van der Waals surface area (Å²) in [5.41, 5.74) is 1.31. The lowest BCUT2D eigenvalue weighted by Gasteiger charge is -2.18. The first-order valence-electron chi connectivity index (χ1n) is 5.46. The van der Waals surface area contributed by atoms with Crippen LogP contribution in [0.5, 0.6) is 0 Å². The van der Waals surface area contributed by atoms with Crippen LogP contribution in [0.4, 0.5) is 0 Å². The van der Waals surface area contributed by atoms with E-state index < -0.39 is 0 Å². The highest BCUT2D eigenvalue weighted by Crippen LogP contribution is 2.15. The van der Waals surface area contributed by atoms with Crippen molar-refractivity contribution in [3.63, 3.8) is 0 Å². The molecule has 0 aliphatic carbocycles. The zero-order chi connectivity index (χ0) is 10.4. The Morgan fingerprint density at radius 2 is 1.86 bits per heavy atom. The molecule has 0 bridgehead atoms. The van der Waals surface area contributed by atoms with E-state index in [4.69, 9.17) is 0 Å². The predicted molar refractivity (Wildman–Crippen MR) is 60.2 cm³/mol. The van der Waals surface area contributed by atoms with Crippen molar-refractivity contribution >= 4 is 0 Å². The smallest absolute Gasteiger partial charge is 0.0568 e. The second kappa shape index (κ2) is 5.82. The van der Waals surface area contributed by atoms with E-state index in [0.717, 1.165) is 19.3 Å². The number of rotatable bonds is 5. The third-order valence-corrected chi connectivity index (χ3v) is 2.64. The van der Waals surface area contributed by atoms with Crippen LogP contribution in [0.2, 0.25) is 0 Å². The second-order valence-corrected chi connectivity index (χ2v) is 4.02. The van der Waals surface area contributed by atoms with Crippen LogP contribution in [0.1, 0.15) is 32.3 Å². The van der Waals surface area contributed by atoms with Crippen molar-refractivity contribution in [2.24, 2.45) is 5.92 Å². The maximum atomic E-state index is 9.78. The van der Waals surface area contributed by atoms with Crippen molar-refractivity contribution < 1.29 is 5.11 Å². The van der Waals surface area contributed by atoms with Gasteiger partial charge in [-0.15, -0.1) is 0 Å². The normalized spacial score (nSPS) is 15.1. The molecular weight excluding hydrogens is 172 g/mol. The van der Waals surface area contributed by atoms with E-state index in [-0.39, 0.29) is 6.10 Å². The summed E-state index contributed by atoms with van der Waals surface area (Å²) >= 11 is 0. The van der Waals surface area contributed by atoms with Gasteiger partial charge >= 0.3 is 0 Å². The van der Waals surface area contributed by atoms with E-state index in [1.165, 1.54) is 5.56 Å². The topological polar surface area (TPSA) is 20.2 Å². The average molecular weight is 192 g/mol. The van der Waals surface area contributed by atoms with Crippen molar-refractivity contribution in [1.29, 1.82) is 0 Å². The minimum absolute atomic E-state index is 0.153. The zero-order valence-corrected chi connectivity index (χ0v) is 9.11. The van der Waals surface area contributed by atoms with Crippen molar-refractivity contribution in [3.8, 4) is 0 Å². The molecule has 0 unspecified atom stereocenters.